The molecule has 2 aromatic carbocycles. The minimum atomic E-state index is -0.152. The number of hydrogen-bond acceptors (Lipinski definition) is 7. The summed E-state index contributed by atoms with van der Waals surface area (Å²) in [6.45, 7) is 0. The quantitative estimate of drug-likeness (QED) is 0.583. The van der Waals surface area contributed by atoms with Crippen LogP contribution in [0.1, 0.15) is 5.89 Å². The Bertz CT molecular complexity index is 947. The number of carbonyl (C=O) groups is 1. The van der Waals surface area contributed by atoms with Crippen LogP contribution in [0, 0.1) is 0 Å². The number of thioether (sulfide) groups is 1. The number of halogens is 1. The normalized spacial score (nSPS) is 10.5. The van der Waals surface area contributed by atoms with Crippen LogP contribution in [0.15, 0.2) is 47.0 Å². The van der Waals surface area contributed by atoms with Crippen molar-refractivity contribution in [2.24, 2.45) is 0 Å². The van der Waals surface area contributed by atoms with Gasteiger partial charge in [0.1, 0.15) is 11.5 Å². The van der Waals surface area contributed by atoms with Gasteiger partial charge >= 0.3 is 0 Å². The molecule has 3 rings (SSSR count). The molecule has 0 bridgehead atoms. The zero-order chi connectivity index (χ0) is 19.9. The highest BCUT2D eigenvalue weighted by Gasteiger charge is 2.11. The summed E-state index contributed by atoms with van der Waals surface area (Å²) in [5.41, 5.74) is 1.44. The maximum absolute atomic E-state index is 12.1. The number of anilines is 1. The number of amides is 1. The predicted molar refractivity (Wildman–Crippen MR) is 109 cm³/mol. The third-order valence-corrected chi connectivity index (χ3v) is 4.92. The van der Waals surface area contributed by atoms with Gasteiger partial charge in [-0.3, -0.25) is 4.79 Å². The number of hydrogen-bond donors (Lipinski definition) is 1. The summed E-state index contributed by atoms with van der Waals surface area (Å²) in [7, 11) is 3.14. The molecule has 0 aliphatic carbocycles. The minimum absolute atomic E-state index is 0.152. The number of carbonyl (C=O) groups excluding carboxylic acids is 1. The Morgan fingerprint density at radius 1 is 1.18 bits per heavy atom. The molecule has 0 saturated heterocycles. The molecule has 0 aliphatic heterocycles. The average molecular weight is 420 g/mol. The Balaban J connectivity index is 1.49. The Labute approximate surface area is 171 Å². The van der Waals surface area contributed by atoms with Gasteiger partial charge in [-0.2, -0.15) is 4.98 Å². The molecule has 3 aromatic rings. The Morgan fingerprint density at radius 2 is 1.96 bits per heavy atom. The number of rotatable bonds is 8. The van der Waals surface area contributed by atoms with Crippen molar-refractivity contribution in [3.8, 4) is 22.9 Å². The van der Waals surface area contributed by atoms with Gasteiger partial charge < -0.3 is 19.3 Å². The third-order valence-electron chi connectivity index (χ3n) is 3.71. The molecule has 0 spiro atoms. The van der Waals surface area contributed by atoms with E-state index in [0.29, 0.717) is 33.9 Å². The maximum Gasteiger partial charge on any atom is 0.236 e. The lowest BCUT2D eigenvalue weighted by molar-refractivity contribution is -0.113. The first-order valence-electron chi connectivity index (χ1n) is 8.27. The van der Waals surface area contributed by atoms with Gasteiger partial charge in [-0.05, 0) is 42.5 Å². The first-order chi connectivity index (χ1) is 13.6. The minimum Gasteiger partial charge on any atom is -0.497 e. The maximum atomic E-state index is 12.1. The third kappa shape index (κ3) is 5.17. The first kappa shape index (κ1) is 20.0. The lowest BCUT2D eigenvalue weighted by atomic mass is 10.2. The molecule has 1 N–H and O–H groups in total. The molecule has 9 heteroatoms. The SMILES string of the molecule is COc1ccc(-c2noc(CSCC(=O)Nc3ccc(OC)c(Cl)c3)n2)cc1. The Kier molecular flexibility index (Phi) is 6.78. The second-order valence-corrected chi connectivity index (χ2v) is 7.02. The summed E-state index contributed by atoms with van der Waals surface area (Å²) in [4.78, 5) is 16.4. The monoisotopic (exact) mass is 419 g/mol. The lowest BCUT2D eigenvalue weighted by Crippen LogP contribution is -2.14. The standard InChI is InChI=1S/C19H18ClN3O4S/c1-25-14-6-3-12(4-7-14)19-22-18(27-23-19)11-28-10-17(24)21-13-5-8-16(26-2)15(20)9-13/h3-9H,10-11H2,1-2H3,(H,21,24). The van der Waals surface area contributed by atoms with Crippen LogP contribution in [-0.4, -0.2) is 36.0 Å². The van der Waals surface area contributed by atoms with E-state index in [0.717, 1.165) is 11.3 Å². The Morgan fingerprint density at radius 3 is 2.64 bits per heavy atom. The molecular weight excluding hydrogens is 402 g/mol. The van der Waals surface area contributed by atoms with Crippen molar-refractivity contribution in [3.05, 3.63) is 53.4 Å². The van der Waals surface area contributed by atoms with E-state index in [9.17, 15) is 4.79 Å². The van der Waals surface area contributed by atoms with Gasteiger partial charge in [0.25, 0.3) is 0 Å². The van der Waals surface area contributed by atoms with E-state index in [1.165, 1.54) is 18.9 Å². The summed E-state index contributed by atoms with van der Waals surface area (Å²) in [6.07, 6.45) is 0. The fraction of sp³-hybridized carbons (Fsp3) is 0.211. The van der Waals surface area contributed by atoms with E-state index in [2.05, 4.69) is 15.5 Å². The number of benzene rings is 2. The highest BCUT2D eigenvalue weighted by molar-refractivity contribution is 7.99. The Hall–Kier alpha value is -2.71. The van der Waals surface area contributed by atoms with Crippen molar-refractivity contribution in [1.82, 2.24) is 10.1 Å². The van der Waals surface area contributed by atoms with Crippen LogP contribution < -0.4 is 14.8 Å². The smallest absolute Gasteiger partial charge is 0.236 e. The van der Waals surface area contributed by atoms with Gasteiger partial charge in [-0.1, -0.05) is 16.8 Å². The second kappa shape index (κ2) is 9.48. The highest BCUT2D eigenvalue weighted by atomic mass is 35.5. The molecule has 1 amide bonds. The molecule has 0 unspecified atom stereocenters. The first-order valence-corrected chi connectivity index (χ1v) is 9.80. The van der Waals surface area contributed by atoms with Crippen molar-refractivity contribution in [2.45, 2.75) is 5.75 Å². The van der Waals surface area contributed by atoms with Crippen molar-refractivity contribution < 1.29 is 18.8 Å². The van der Waals surface area contributed by atoms with Crippen LogP contribution in [-0.2, 0) is 10.5 Å². The summed E-state index contributed by atoms with van der Waals surface area (Å²) in [6, 6.07) is 12.4. The van der Waals surface area contributed by atoms with Crippen molar-refractivity contribution in [2.75, 3.05) is 25.3 Å². The van der Waals surface area contributed by atoms with E-state index in [-0.39, 0.29) is 11.7 Å². The molecule has 146 valence electrons. The molecule has 7 nitrogen and oxygen atoms in total. The summed E-state index contributed by atoms with van der Waals surface area (Å²) >= 11 is 7.43. The zero-order valence-corrected chi connectivity index (χ0v) is 16.8. The predicted octanol–water partition coefficient (Wildman–Crippen LogP) is 4.28. The lowest BCUT2D eigenvalue weighted by Gasteiger charge is -2.07. The molecular formula is C19H18ClN3O4S. The van der Waals surface area contributed by atoms with E-state index in [1.54, 1.807) is 25.3 Å². The molecule has 0 radical (unpaired) electrons. The van der Waals surface area contributed by atoms with Gasteiger partial charge in [0.05, 0.1) is 30.7 Å². The van der Waals surface area contributed by atoms with Crippen LogP contribution in [0.3, 0.4) is 0 Å². The topological polar surface area (TPSA) is 86.5 Å². The number of nitrogens with one attached hydrogen (secondary N) is 1. The van der Waals surface area contributed by atoms with Crippen LogP contribution in [0.4, 0.5) is 5.69 Å². The van der Waals surface area contributed by atoms with Gasteiger partial charge in [0.2, 0.25) is 17.6 Å². The summed E-state index contributed by atoms with van der Waals surface area (Å²) in [5, 5.41) is 7.19. The van der Waals surface area contributed by atoms with E-state index >= 15 is 0 Å². The van der Waals surface area contributed by atoms with Crippen molar-refractivity contribution in [3.63, 3.8) is 0 Å². The summed E-state index contributed by atoms with van der Waals surface area (Å²) in [5.74, 6) is 2.78. The highest BCUT2D eigenvalue weighted by Crippen LogP contribution is 2.27. The average Bonchev–Trinajstić information content (AvgIpc) is 3.17. The van der Waals surface area contributed by atoms with Crippen LogP contribution in [0.5, 0.6) is 11.5 Å². The fourth-order valence-corrected chi connectivity index (χ4v) is 3.25. The second-order valence-electron chi connectivity index (χ2n) is 5.63. The molecule has 1 aromatic heterocycles. The summed E-state index contributed by atoms with van der Waals surface area (Å²) < 4.78 is 15.5. The van der Waals surface area contributed by atoms with Crippen molar-refractivity contribution >= 4 is 35.0 Å². The molecule has 0 fully saturated rings. The number of ether oxygens (including phenoxy) is 2. The zero-order valence-electron chi connectivity index (χ0n) is 15.3. The van der Waals surface area contributed by atoms with E-state index in [1.807, 2.05) is 24.3 Å². The van der Waals surface area contributed by atoms with Crippen LogP contribution in [0.25, 0.3) is 11.4 Å². The van der Waals surface area contributed by atoms with Gasteiger partial charge in [0.15, 0.2) is 0 Å². The largest absolute Gasteiger partial charge is 0.497 e. The van der Waals surface area contributed by atoms with Crippen LogP contribution in [0.2, 0.25) is 5.02 Å². The van der Waals surface area contributed by atoms with Crippen molar-refractivity contribution in [1.29, 1.82) is 0 Å². The molecule has 0 atom stereocenters. The fourth-order valence-electron chi connectivity index (χ4n) is 2.34. The van der Waals surface area contributed by atoms with Gasteiger partial charge in [0, 0.05) is 11.3 Å². The molecule has 0 saturated carbocycles. The molecule has 28 heavy (non-hydrogen) atoms. The van der Waals surface area contributed by atoms with E-state index in [4.69, 9.17) is 25.6 Å². The van der Waals surface area contributed by atoms with Gasteiger partial charge in [-0.25, -0.2) is 0 Å². The number of methoxy groups -OCH3 is 2. The molecule has 0 aliphatic rings. The number of aromatic nitrogens is 2. The van der Waals surface area contributed by atoms with E-state index < -0.39 is 0 Å². The molecule has 1 heterocycles. The van der Waals surface area contributed by atoms with Crippen LogP contribution >= 0.6 is 23.4 Å². The van der Waals surface area contributed by atoms with Gasteiger partial charge in [-0.15, -0.1) is 11.8 Å². The number of nitrogens with zero attached hydrogens (tertiary/aromatic N) is 2.